The number of ether oxygens (including phenoxy) is 1. The lowest BCUT2D eigenvalue weighted by Gasteiger charge is -2.32. The zero-order valence-corrected chi connectivity index (χ0v) is 15.6. The summed E-state index contributed by atoms with van der Waals surface area (Å²) < 4.78 is 5.45. The molecule has 0 atom stereocenters. The first-order chi connectivity index (χ1) is 12.7. The van der Waals surface area contributed by atoms with Crippen LogP contribution in [0.4, 0.5) is 5.82 Å². The van der Waals surface area contributed by atoms with E-state index in [4.69, 9.17) is 4.74 Å². The van der Waals surface area contributed by atoms with Crippen molar-refractivity contribution < 1.29 is 4.74 Å². The molecule has 1 N–H and O–H groups in total. The molecule has 0 bridgehead atoms. The molecule has 0 amide bonds. The van der Waals surface area contributed by atoms with Gasteiger partial charge in [-0.3, -0.25) is 4.98 Å². The van der Waals surface area contributed by atoms with Gasteiger partial charge in [0.15, 0.2) is 5.82 Å². The van der Waals surface area contributed by atoms with Crippen LogP contribution in [0.3, 0.4) is 0 Å². The zero-order chi connectivity index (χ0) is 18.4. The number of aliphatic imine (C=N–C) groups is 1. The molecular formula is C19H26N6O. The van der Waals surface area contributed by atoms with Crippen molar-refractivity contribution in [2.45, 2.75) is 32.2 Å². The number of nitrogens with zero attached hydrogens (tertiary/aromatic N) is 5. The molecule has 138 valence electrons. The van der Waals surface area contributed by atoms with Crippen LogP contribution in [0, 0.1) is 0 Å². The summed E-state index contributed by atoms with van der Waals surface area (Å²) in [5, 5.41) is 3.09. The smallest absolute Gasteiger partial charge is 0.154 e. The van der Waals surface area contributed by atoms with Crippen molar-refractivity contribution in [2.75, 3.05) is 32.6 Å². The van der Waals surface area contributed by atoms with Crippen molar-refractivity contribution in [1.29, 1.82) is 0 Å². The molecule has 0 aromatic carbocycles. The number of aromatic nitrogens is 3. The highest BCUT2D eigenvalue weighted by Crippen LogP contribution is 2.19. The molecule has 2 aromatic heterocycles. The predicted molar refractivity (Wildman–Crippen MR) is 104 cm³/mol. The van der Waals surface area contributed by atoms with E-state index in [1.807, 2.05) is 32.3 Å². The maximum absolute atomic E-state index is 5.45. The number of hydrogen-bond donors (Lipinski definition) is 1. The van der Waals surface area contributed by atoms with Crippen LogP contribution in [0.15, 0.2) is 35.3 Å². The third-order valence-electron chi connectivity index (χ3n) is 4.63. The van der Waals surface area contributed by atoms with E-state index in [-0.39, 0.29) is 0 Å². The Bertz CT molecular complexity index is 798. The summed E-state index contributed by atoms with van der Waals surface area (Å²) in [5.41, 5.74) is 2.53. The first-order valence-electron chi connectivity index (χ1n) is 9.00. The summed E-state index contributed by atoms with van der Waals surface area (Å²) in [6.45, 7) is 3.67. The molecule has 0 radical (unpaired) electrons. The van der Waals surface area contributed by atoms with Crippen molar-refractivity contribution in [1.82, 2.24) is 19.9 Å². The van der Waals surface area contributed by atoms with E-state index in [9.17, 15) is 0 Å². The van der Waals surface area contributed by atoms with Crippen LogP contribution < -0.4 is 5.32 Å². The number of rotatable bonds is 6. The minimum Gasteiger partial charge on any atom is -0.381 e. The predicted octanol–water partition coefficient (Wildman–Crippen LogP) is 2.65. The van der Waals surface area contributed by atoms with Crippen molar-refractivity contribution >= 4 is 23.1 Å². The standard InChI is InChI=1S/C19H26N6O/c1-4-17(25(3)15-6-11-26-12-7-15)22-8-5-14-13-16-18(19(20-2)24-14)23-10-9-21-16/h4,8-10,13,15H,5-7,11-12H2,1-3H3,(H,20,24)/b17-4+,22-8?. The van der Waals surface area contributed by atoms with E-state index in [2.05, 4.69) is 37.2 Å². The van der Waals surface area contributed by atoms with Gasteiger partial charge in [0.05, 0.1) is 11.2 Å². The van der Waals surface area contributed by atoms with Crippen molar-refractivity contribution in [2.24, 2.45) is 4.99 Å². The van der Waals surface area contributed by atoms with Crippen molar-refractivity contribution in [3.63, 3.8) is 0 Å². The van der Waals surface area contributed by atoms with E-state index in [0.29, 0.717) is 12.5 Å². The molecule has 2 aromatic rings. The van der Waals surface area contributed by atoms with Crippen LogP contribution in [-0.4, -0.2) is 59.4 Å². The second-order valence-electron chi connectivity index (χ2n) is 6.25. The Morgan fingerprint density at radius 3 is 2.85 bits per heavy atom. The van der Waals surface area contributed by atoms with Gasteiger partial charge < -0.3 is 15.0 Å². The fourth-order valence-corrected chi connectivity index (χ4v) is 3.16. The molecule has 1 fully saturated rings. The van der Waals surface area contributed by atoms with E-state index in [1.165, 1.54) is 0 Å². The molecule has 3 rings (SSSR count). The summed E-state index contributed by atoms with van der Waals surface area (Å²) in [4.78, 5) is 20.3. The van der Waals surface area contributed by atoms with Crippen molar-refractivity contribution in [3.8, 4) is 0 Å². The highest BCUT2D eigenvalue weighted by molar-refractivity contribution is 5.85. The monoisotopic (exact) mass is 354 g/mol. The van der Waals surface area contributed by atoms with Gasteiger partial charge in [-0.2, -0.15) is 0 Å². The number of anilines is 1. The fourth-order valence-electron chi connectivity index (χ4n) is 3.16. The largest absolute Gasteiger partial charge is 0.381 e. The van der Waals surface area contributed by atoms with Gasteiger partial charge in [0, 0.05) is 58.4 Å². The minimum atomic E-state index is 0.483. The Balaban J connectivity index is 1.71. The highest BCUT2D eigenvalue weighted by atomic mass is 16.5. The molecular weight excluding hydrogens is 328 g/mol. The van der Waals surface area contributed by atoms with Gasteiger partial charge >= 0.3 is 0 Å². The molecule has 7 heteroatoms. The van der Waals surface area contributed by atoms with Crippen LogP contribution in [0.1, 0.15) is 25.5 Å². The molecule has 1 aliphatic rings. The second kappa shape index (κ2) is 8.71. The SMILES string of the molecule is C/C=C(\N=CCc1cc2nccnc2c(NC)n1)N(C)C1CCOCC1. The quantitative estimate of drug-likeness (QED) is 0.804. The molecule has 26 heavy (non-hydrogen) atoms. The van der Waals surface area contributed by atoms with Crippen LogP contribution in [0.25, 0.3) is 11.0 Å². The summed E-state index contributed by atoms with van der Waals surface area (Å²) in [6, 6.07) is 2.45. The lowest BCUT2D eigenvalue weighted by atomic mass is 10.1. The second-order valence-corrected chi connectivity index (χ2v) is 6.25. The van der Waals surface area contributed by atoms with E-state index >= 15 is 0 Å². The maximum Gasteiger partial charge on any atom is 0.154 e. The van der Waals surface area contributed by atoms with Crippen LogP contribution in [0.2, 0.25) is 0 Å². The number of pyridine rings is 1. The molecule has 0 spiro atoms. The first-order valence-corrected chi connectivity index (χ1v) is 9.00. The summed E-state index contributed by atoms with van der Waals surface area (Å²) in [7, 11) is 3.95. The summed E-state index contributed by atoms with van der Waals surface area (Å²) in [6.07, 6.45) is 10.1. The van der Waals surface area contributed by atoms with Gasteiger partial charge in [-0.15, -0.1) is 0 Å². The number of fused-ring (bicyclic) bond motifs is 1. The van der Waals surface area contributed by atoms with Gasteiger partial charge in [-0.05, 0) is 31.9 Å². The summed E-state index contributed by atoms with van der Waals surface area (Å²) in [5.74, 6) is 1.72. The number of hydrogen-bond acceptors (Lipinski definition) is 7. The summed E-state index contributed by atoms with van der Waals surface area (Å²) >= 11 is 0. The molecule has 3 heterocycles. The van der Waals surface area contributed by atoms with E-state index < -0.39 is 0 Å². The fraction of sp³-hybridized carbons (Fsp3) is 0.474. The Hall–Kier alpha value is -2.54. The molecule has 0 saturated carbocycles. The van der Waals surface area contributed by atoms with Crippen molar-refractivity contribution in [3.05, 3.63) is 36.1 Å². The average Bonchev–Trinajstić information content (AvgIpc) is 2.70. The van der Waals surface area contributed by atoms with Crippen LogP contribution in [0.5, 0.6) is 0 Å². The molecule has 1 aliphatic heterocycles. The van der Waals surface area contributed by atoms with Gasteiger partial charge in [0.2, 0.25) is 0 Å². The number of nitrogens with one attached hydrogen (secondary N) is 1. The highest BCUT2D eigenvalue weighted by Gasteiger charge is 2.19. The zero-order valence-electron chi connectivity index (χ0n) is 15.6. The Morgan fingerprint density at radius 2 is 2.12 bits per heavy atom. The lowest BCUT2D eigenvalue weighted by molar-refractivity contribution is 0.0523. The van der Waals surface area contributed by atoms with Gasteiger partial charge in [0.25, 0.3) is 0 Å². The lowest BCUT2D eigenvalue weighted by Crippen LogP contribution is -2.35. The third-order valence-corrected chi connectivity index (χ3v) is 4.63. The average molecular weight is 354 g/mol. The van der Waals surface area contributed by atoms with Gasteiger partial charge in [-0.25, -0.2) is 15.0 Å². The topological polar surface area (TPSA) is 75.5 Å². The van der Waals surface area contributed by atoms with Gasteiger partial charge in [0.1, 0.15) is 11.3 Å². The Kier molecular flexibility index (Phi) is 6.12. The third kappa shape index (κ3) is 4.16. The normalized spacial score (nSPS) is 16.3. The first kappa shape index (κ1) is 18.3. The number of allylic oxidation sites excluding steroid dienone is 1. The Labute approximate surface area is 154 Å². The van der Waals surface area contributed by atoms with Crippen LogP contribution in [-0.2, 0) is 11.2 Å². The molecule has 0 aliphatic carbocycles. The molecule has 7 nitrogen and oxygen atoms in total. The molecule has 0 unspecified atom stereocenters. The molecule has 1 saturated heterocycles. The van der Waals surface area contributed by atoms with Gasteiger partial charge in [-0.1, -0.05) is 0 Å². The van der Waals surface area contributed by atoms with Crippen LogP contribution >= 0.6 is 0 Å². The van der Waals surface area contributed by atoms with E-state index in [1.54, 1.807) is 12.4 Å². The van der Waals surface area contributed by atoms with E-state index in [0.717, 1.165) is 54.4 Å². The minimum absolute atomic E-state index is 0.483. The maximum atomic E-state index is 5.45. The Morgan fingerprint density at radius 1 is 1.35 bits per heavy atom.